The monoisotopic (exact) mass is 475 g/mol. The summed E-state index contributed by atoms with van der Waals surface area (Å²) in [6, 6.07) is 12.0. The molecule has 0 radical (unpaired) electrons. The van der Waals surface area contributed by atoms with Crippen molar-refractivity contribution in [1.82, 2.24) is 9.55 Å². The van der Waals surface area contributed by atoms with Gasteiger partial charge in [0.15, 0.2) is 5.92 Å². The highest BCUT2D eigenvalue weighted by atomic mass is 35.5. The summed E-state index contributed by atoms with van der Waals surface area (Å²) in [5, 5.41) is 0.731. The Kier molecular flexibility index (Phi) is 6.69. The van der Waals surface area contributed by atoms with Crippen molar-refractivity contribution in [3.8, 4) is 0 Å². The topological polar surface area (TPSA) is 73.7 Å². The van der Waals surface area contributed by atoms with Crippen LogP contribution < -0.4 is 4.90 Å². The van der Waals surface area contributed by atoms with Crippen LogP contribution in [0.3, 0.4) is 0 Å². The lowest BCUT2D eigenvalue weighted by atomic mass is 9.89. The highest BCUT2D eigenvalue weighted by Crippen LogP contribution is 2.42. The average molecular weight is 476 g/mol. The molecule has 1 aromatic heterocycles. The van der Waals surface area contributed by atoms with Crippen molar-refractivity contribution in [3.63, 3.8) is 0 Å². The van der Waals surface area contributed by atoms with Gasteiger partial charge in [0, 0.05) is 20.3 Å². The van der Waals surface area contributed by atoms with Crippen LogP contribution in [0.4, 0.5) is 5.95 Å². The second kappa shape index (κ2) is 9.48. The summed E-state index contributed by atoms with van der Waals surface area (Å²) in [4.78, 5) is 33.1. The Morgan fingerprint density at radius 3 is 2.66 bits per heavy atom. The van der Waals surface area contributed by atoms with Crippen molar-refractivity contribution >= 4 is 52.1 Å². The van der Waals surface area contributed by atoms with Crippen LogP contribution in [0.1, 0.15) is 24.9 Å². The van der Waals surface area contributed by atoms with Crippen LogP contribution in [-0.2, 0) is 19.1 Å². The number of halogens is 2. The number of amides is 1. The lowest BCUT2D eigenvalue weighted by Crippen LogP contribution is -2.50. The standard InChI is InChI=1S/C23H23Cl2N3O4/c1-3-32-22(30)19-20(14-9-10-15(24)16(25)13-14)28-18-8-5-4-7-17(18)26-23(28)27(21(19)29)11-6-12-31-2/h4-5,7-10,13,19-20H,3,6,11-12H2,1-2H3/t19-,20+/m0/s1. The molecule has 168 valence electrons. The Labute approximate surface area is 195 Å². The third-order valence-corrected chi connectivity index (χ3v) is 6.24. The molecule has 0 unspecified atom stereocenters. The summed E-state index contributed by atoms with van der Waals surface area (Å²) in [6.45, 7) is 2.72. The van der Waals surface area contributed by atoms with E-state index in [0.29, 0.717) is 41.1 Å². The maximum absolute atomic E-state index is 13.7. The van der Waals surface area contributed by atoms with Crippen molar-refractivity contribution in [3.05, 3.63) is 58.1 Å². The number of fused-ring (bicyclic) bond motifs is 3. The first kappa shape index (κ1) is 22.6. The van der Waals surface area contributed by atoms with E-state index in [1.807, 2.05) is 28.8 Å². The molecule has 2 aromatic carbocycles. The number of hydrogen-bond donors (Lipinski definition) is 0. The number of benzene rings is 2. The van der Waals surface area contributed by atoms with E-state index in [1.54, 1.807) is 37.1 Å². The van der Waals surface area contributed by atoms with Gasteiger partial charge in [-0.1, -0.05) is 41.4 Å². The van der Waals surface area contributed by atoms with Crippen molar-refractivity contribution in [2.24, 2.45) is 5.92 Å². The molecule has 0 fully saturated rings. The van der Waals surface area contributed by atoms with Crippen LogP contribution in [0.5, 0.6) is 0 Å². The van der Waals surface area contributed by atoms with E-state index >= 15 is 0 Å². The summed E-state index contributed by atoms with van der Waals surface area (Å²) < 4.78 is 12.4. The van der Waals surface area contributed by atoms with Crippen LogP contribution in [-0.4, -0.2) is 48.3 Å². The molecule has 7 nitrogen and oxygen atoms in total. The molecule has 1 aliphatic heterocycles. The van der Waals surface area contributed by atoms with Gasteiger partial charge in [-0.05, 0) is 43.2 Å². The van der Waals surface area contributed by atoms with Gasteiger partial charge in [0.25, 0.3) is 0 Å². The van der Waals surface area contributed by atoms with Gasteiger partial charge in [-0.15, -0.1) is 0 Å². The fourth-order valence-electron chi connectivity index (χ4n) is 4.12. The Bertz CT molecular complexity index is 1160. The Morgan fingerprint density at radius 2 is 1.94 bits per heavy atom. The fraction of sp³-hybridized carbons (Fsp3) is 0.348. The maximum atomic E-state index is 13.7. The van der Waals surface area contributed by atoms with Gasteiger partial charge in [-0.25, -0.2) is 4.98 Å². The molecule has 1 amide bonds. The second-order valence-electron chi connectivity index (χ2n) is 7.45. The molecule has 0 N–H and O–H groups in total. The SMILES string of the molecule is CCOC(=O)[C@@H]1C(=O)N(CCCOC)c2nc3ccccc3n2[C@@H]1c1ccc(Cl)c(Cl)c1. The highest BCUT2D eigenvalue weighted by Gasteiger charge is 2.47. The minimum atomic E-state index is -1.10. The molecular weight excluding hydrogens is 453 g/mol. The smallest absolute Gasteiger partial charge is 0.321 e. The van der Waals surface area contributed by atoms with Crippen LogP contribution in [0.25, 0.3) is 11.0 Å². The number of para-hydroxylation sites is 2. The van der Waals surface area contributed by atoms with E-state index in [4.69, 9.17) is 37.7 Å². The number of ether oxygens (including phenoxy) is 2. The van der Waals surface area contributed by atoms with Gasteiger partial charge < -0.3 is 14.0 Å². The molecular formula is C23H23Cl2N3O4. The van der Waals surface area contributed by atoms with E-state index in [9.17, 15) is 9.59 Å². The summed E-state index contributed by atoms with van der Waals surface area (Å²) in [5.74, 6) is -1.57. The average Bonchev–Trinajstić information content (AvgIpc) is 3.16. The van der Waals surface area contributed by atoms with Gasteiger partial charge in [0.1, 0.15) is 0 Å². The number of anilines is 1. The van der Waals surface area contributed by atoms with Crippen LogP contribution in [0.2, 0.25) is 10.0 Å². The Balaban J connectivity index is 1.95. The molecule has 0 bridgehead atoms. The van der Waals surface area contributed by atoms with E-state index in [1.165, 1.54) is 0 Å². The van der Waals surface area contributed by atoms with Crippen molar-refractivity contribution < 1.29 is 19.1 Å². The Hall–Kier alpha value is -2.61. The molecule has 0 aliphatic carbocycles. The third kappa shape index (κ3) is 3.96. The molecule has 0 saturated carbocycles. The summed E-state index contributed by atoms with van der Waals surface area (Å²) in [7, 11) is 1.61. The number of rotatable bonds is 7. The zero-order valence-corrected chi connectivity index (χ0v) is 19.3. The number of hydrogen-bond acceptors (Lipinski definition) is 5. The quantitative estimate of drug-likeness (QED) is 0.285. The van der Waals surface area contributed by atoms with E-state index < -0.39 is 17.9 Å². The molecule has 2 heterocycles. The molecule has 4 rings (SSSR count). The van der Waals surface area contributed by atoms with Gasteiger partial charge >= 0.3 is 5.97 Å². The van der Waals surface area contributed by atoms with Crippen LogP contribution in [0, 0.1) is 5.92 Å². The largest absolute Gasteiger partial charge is 0.465 e. The van der Waals surface area contributed by atoms with Gasteiger partial charge in [0.2, 0.25) is 11.9 Å². The zero-order valence-electron chi connectivity index (χ0n) is 17.8. The highest BCUT2D eigenvalue weighted by molar-refractivity contribution is 6.42. The van der Waals surface area contributed by atoms with Gasteiger partial charge in [-0.3, -0.25) is 14.5 Å². The van der Waals surface area contributed by atoms with Gasteiger partial charge in [0.05, 0.1) is 33.7 Å². The molecule has 2 atom stereocenters. The summed E-state index contributed by atoms with van der Waals surface area (Å²) >= 11 is 12.4. The number of carbonyl (C=O) groups excluding carboxylic acids is 2. The van der Waals surface area contributed by atoms with Crippen molar-refractivity contribution in [2.75, 3.05) is 31.8 Å². The van der Waals surface area contributed by atoms with Crippen molar-refractivity contribution in [1.29, 1.82) is 0 Å². The number of carbonyl (C=O) groups is 2. The second-order valence-corrected chi connectivity index (χ2v) is 8.27. The number of methoxy groups -OCH3 is 1. The summed E-state index contributed by atoms with van der Waals surface area (Å²) in [6.07, 6.45) is 0.596. The number of imidazole rings is 1. The van der Waals surface area contributed by atoms with E-state index in [-0.39, 0.29) is 12.5 Å². The van der Waals surface area contributed by atoms with Crippen molar-refractivity contribution in [2.45, 2.75) is 19.4 Å². The minimum Gasteiger partial charge on any atom is -0.465 e. The fourth-order valence-corrected chi connectivity index (χ4v) is 4.43. The Morgan fingerprint density at radius 1 is 1.16 bits per heavy atom. The minimum absolute atomic E-state index is 0.165. The van der Waals surface area contributed by atoms with E-state index in [0.717, 1.165) is 11.0 Å². The zero-order chi connectivity index (χ0) is 22.8. The first-order valence-corrected chi connectivity index (χ1v) is 11.1. The lowest BCUT2D eigenvalue weighted by Gasteiger charge is -2.38. The third-order valence-electron chi connectivity index (χ3n) is 5.50. The first-order chi connectivity index (χ1) is 15.5. The number of esters is 1. The van der Waals surface area contributed by atoms with Crippen LogP contribution >= 0.6 is 23.2 Å². The molecule has 1 aliphatic rings. The number of nitrogens with zero attached hydrogens (tertiary/aromatic N) is 3. The van der Waals surface area contributed by atoms with Crippen LogP contribution in [0.15, 0.2) is 42.5 Å². The molecule has 0 saturated heterocycles. The first-order valence-electron chi connectivity index (χ1n) is 10.4. The summed E-state index contributed by atoms with van der Waals surface area (Å²) in [5.41, 5.74) is 2.20. The normalized spacial score (nSPS) is 18.1. The molecule has 3 aromatic rings. The number of aromatic nitrogens is 2. The molecule has 0 spiro atoms. The maximum Gasteiger partial charge on any atom is 0.321 e. The van der Waals surface area contributed by atoms with E-state index in [2.05, 4.69) is 0 Å². The predicted octanol–water partition coefficient (Wildman–Crippen LogP) is 4.49. The van der Waals surface area contributed by atoms with Gasteiger partial charge in [-0.2, -0.15) is 0 Å². The molecule has 9 heteroatoms. The molecule has 32 heavy (non-hydrogen) atoms. The lowest BCUT2D eigenvalue weighted by molar-refractivity contribution is -0.153. The predicted molar refractivity (Wildman–Crippen MR) is 123 cm³/mol.